The minimum atomic E-state index is -0.302. The lowest BCUT2D eigenvalue weighted by Crippen LogP contribution is -2.35. The Balaban J connectivity index is 1.54. The van der Waals surface area contributed by atoms with Gasteiger partial charge in [0.15, 0.2) is 0 Å². The van der Waals surface area contributed by atoms with E-state index in [0.29, 0.717) is 25.2 Å². The number of likely N-dealkylation sites (tertiary alicyclic amines) is 1. The molecule has 0 radical (unpaired) electrons. The number of nitrogens with zero attached hydrogens (tertiary/aromatic N) is 2. The molecule has 2 aromatic carbocycles. The van der Waals surface area contributed by atoms with Crippen LogP contribution in [0.15, 0.2) is 79.0 Å². The van der Waals surface area contributed by atoms with E-state index in [1.165, 1.54) is 0 Å². The van der Waals surface area contributed by atoms with E-state index in [4.69, 9.17) is 0 Å². The van der Waals surface area contributed by atoms with Crippen molar-refractivity contribution in [3.05, 3.63) is 101 Å². The van der Waals surface area contributed by atoms with Crippen LogP contribution in [0.5, 0.6) is 0 Å². The number of hydrogen-bond acceptors (Lipinski definition) is 3. The number of nitrogens with one attached hydrogen (secondary N) is 1. The van der Waals surface area contributed by atoms with E-state index in [1.807, 2.05) is 84.6 Å². The fraction of sp³-hybridized carbons (Fsp3) is 0.240. The van der Waals surface area contributed by atoms with E-state index >= 15 is 0 Å². The van der Waals surface area contributed by atoms with E-state index in [-0.39, 0.29) is 23.7 Å². The predicted octanol–water partition coefficient (Wildman–Crippen LogP) is 3.56. The van der Waals surface area contributed by atoms with Crippen LogP contribution in [0.3, 0.4) is 0 Å². The normalized spacial score (nSPS) is 18.2. The van der Waals surface area contributed by atoms with Crippen LogP contribution in [-0.4, -0.2) is 34.8 Å². The van der Waals surface area contributed by atoms with Crippen molar-refractivity contribution in [3.63, 3.8) is 0 Å². The molecular weight excluding hydrogens is 374 g/mol. The molecule has 1 aliphatic rings. The van der Waals surface area contributed by atoms with Crippen molar-refractivity contribution in [2.24, 2.45) is 5.92 Å². The van der Waals surface area contributed by atoms with Gasteiger partial charge < -0.3 is 10.2 Å². The number of carbonyl (C=O) groups is 2. The lowest BCUT2D eigenvalue weighted by molar-refractivity contribution is -0.125. The van der Waals surface area contributed by atoms with Gasteiger partial charge in [0.2, 0.25) is 5.91 Å². The van der Waals surface area contributed by atoms with Gasteiger partial charge in [0.25, 0.3) is 5.91 Å². The topological polar surface area (TPSA) is 62.3 Å². The smallest absolute Gasteiger partial charge is 0.254 e. The number of carbonyl (C=O) groups excluding carboxylic acids is 2. The summed E-state index contributed by atoms with van der Waals surface area (Å²) in [7, 11) is 0. The van der Waals surface area contributed by atoms with Crippen LogP contribution in [0, 0.1) is 12.8 Å². The van der Waals surface area contributed by atoms with Crippen molar-refractivity contribution in [1.29, 1.82) is 0 Å². The van der Waals surface area contributed by atoms with Crippen LogP contribution in [-0.2, 0) is 11.3 Å². The van der Waals surface area contributed by atoms with Gasteiger partial charge in [-0.25, -0.2) is 0 Å². The number of aromatic nitrogens is 1. The standard InChI is InChI=1S/C25H25N3O2/c1-18-9-5-6-13-21(18)25(30)28-16-22(19-10-3-2-4-11-19)23(17-28)24(29)27-15-20-12-7-8-14-26-20/h2-14,22-23H,15-17H2,1H3,(H,27,29)/t22-,23-/m1/s1. The van der Waals surface area contributed by atoms with Crippen LogP contribution < -0.4 is 5.32 Å². The van der Waals surface area contributed by atoms with Gasteiger partial charge in [0.05, 0.1) is 18.2 Å². The van der Waals surface area contributed by atoms with Crippen molar-refractivity contribution < 1.29 is 9.59 Å². The zero-order valence-corrected chi connectivity index (χ0v) is 17.0. The minimum Gasteiger partial charge on any atom is -0.350 e. The Hall–Kier alpha value is -3.47. The molecule has 3 aromatic rings. The van der Waals surface area contributed by atoms with Gasteiger partial charge in [-0.3, -0.25) is 14.6 Å². The Kier molecular flexibility index (Phi) is 5.89. The Labute approximate surface area is 176 Å². The number of aryl methyl sites for hydroxylation is 1. The highest BCUT2D eigenvalue weighted by Gasteiger charge is 2.40. The van der Waals surface area contributed by atoms with Crippen LogP contribution >= 0.6 is 0 Å². The predicted molar refractivity (Wildman–Crippen MR) is 116 cm³/mol. The van der Waals surface area contributed by atoms with E-state index in [2.05, 4.69) is 10.3 Å². The molecule has 1 aliphatic heterocycles. The number of benzene rings is 2. The molecule has 0 saturated carbocycles. The molecule has 152 valence electrons. The summed E-state index contributed by atoms with van der Waals surface area (Å²) in [6.45, 7) is 3.25. The molecule has 1 aromatic heterocycles. The zero-order chi connectivity index (χ0) is 20.9. The lowest BCUT2D eigenvalue weighted by Gasteiger charge is -2.18. The van der Waals surface area contributed by atoms with Crippen molar-refractivity contribution in [3.8, 4) is 0 Å². The molecule has 1 fully saturated rings. The molecule has 1 N–H and O–H groups in total. The second-order valence-electron chi connectivity index (χ2n) is 7.69. The van der Waals surface area contributed by atoms with E-state index in [1.54, 1.807) is 6.20 Å². The molecule has 5 heteroatoms. The van der Waals surface area contributed by atoms with Gasteiger partial charge in [-0.05, 0) is 36.2 Å². The lowest BCUT2D eigenvalue weighted by atomic mass is 9.88. The molecule has 2 atom stereocenters. The zero-order valence-electron chi connectivity index (χ0n) is 17.0. The quantitative estimate of drug-likeness (QED) is 0.714. The summed E-state index contributed by atoms with van der Waals surface area (Å²) in [4.78, 5) is 32.4. The second kappa shape index (κ2) is 8.91. The third-order valence-electron chi connectivity index (χ3n) is 5.72. The molecule has 5 nitrogen and oxygen atoms in total. The molecule has 1 saturated heterocycles. The van der Waals surface area contributed by atoms with E-state index < -0.39 is 0 Å². The molecule has 0 bridgehead atoms. The summed E-state index contributed by atoms with van der Waals surface area (Å²) in [6, 6.07) is 23.2. The van der Waals surface area contributed by atoms with Crippen molar-refractivity contribution in [1.82, 2.24) is 15.2 Å². The van der Waals surface area contributed by atoms with Crippen LogP contribution in [0.25, 0.3) is 0 Å². The Morgan fingerprint density at radius 3 is 2.43 bits per heavy atom. The summed E-state index contributed by atoms with van der Waals surface area (Å²) >= 11 is 0. The van der Waals surface area contributed by atoms with Crippen molar-refractivity contribution in [2.45, 2.75) is 19.4 Å². The maximum Gasteiger partial charge on any atom is 0.254 e. The highest BCUT2D eigenvalue weighted by molar-refractivity contribution is 5.96. The van der Waals surface area contributed by atoms with Gasteiger partial charge in [0, 0.05) is 30.8 Å². The van der Waals surface area contributed by atoms with Gasteiger partial charge >= 0.3 is 0 Å². The first-order valence-corrected chi connectivity index (χ1v) is 10.2. The van der Waals surface area contributed by atoms with E-state index in [0.717, 1.165) is 16.8 Å². The molecule has 0 unspecified atom stereocenters. The Morgan fingerprint density at radius 1 is 0.967 bits per heavy atom. The molecule has 4 rings (SSSR count). The fourth-order valence-electron chi connectivity index (χ4n) is 4.07. The average molecular weight is 399 g/mol. The molecule has 0 spiro atoms. The first-order chi connectivity index (χ1) is 14.6. The van der Waals surface area contributed by atoms with Crippen LogP contribution in [0.2, 0.25) is 0 Å². The third-order valence-corrected chi connectivity index (χ3v) is 5.72. The van der Waals surface area contributed by atoms with Crippen LogP contribution in [0.1, 0.15) is 33.1 Å². The molecular formula is C25H25N3O2. The summed E-state index contributed by atoms with van der Waals surface area (Å²) in [5.41, 5.74) is 3.53. The highest BCUT2D eigenvalue weighted by Crippen LogP contribution is 2.34. The van der Waals surface area contributed by atoms with Crippen molar-refractivity contribution in [2.75, 3.05) is 13.1 Å². The summed E-state index contributed by atoms with van der Waals surface area (Å²) in [5, 5.41) is 3.01. The average Bonchev–Trinajstić information content (AvgIpc) is 3.24. The Bertz CT molecular complexity index is 1020. The maximum absolute atomic E-state index is 13.2. The molecule has 0 aliphatic carbocycles. The second-order valence-corrected chi connectivity index (χ2v) is 7.69. The number of pyridine rings is 1. The summed E-state index contributed by atoms with van der Waals surface area (Å²) in [5.74, 6) is -0.407. The van der Waals surface area contributed by atoms with Gasteiger partial charge in [0.1, 0.15) is 0 Å². The Morgan fingerprint density at radius 2 is 1.70 bits per heavy atom. The largest absolute Gasteiger partial charge is 0.350 e. The molecule has 30 heavy (non-hydrogen) atoms. The first-order valence-electron chi connectivity index (χ1n) is 10.2. The van der Waals surface area contributed by atoms with Gasteiger partial charge in [-0.1, -0.05) is 54.6 Å². The minimum absolute atomic E-state index is 0.0194. The number of amides is 2. The molecule has 2 amide bonds. The summed E-state index contributed by atoms with van der Waals surface area (Å²) < 4.78 is 0. The monoisotopic (exact) mass is 399 g/mol. The highest BCUT2D eigenvalue weighted by atomic mass is 16.2. The fourth-order valence-corrected chi connectivity index (χ4v) is 4.07. The summed E-state index contributed by atoms with van der Waals surface area (Å²) in [6.07, 6.45) is 1.71. The molecule has 2 heterocycles. The van der Waals surface area contributed by atoms with Gasteiger partial charge in [-0.2, -0.15) is 0 Å². The maximum atomic E-state index is 13.2. The van der Waals surface area contributed by atoms with E-state index in [9.17, 15) is 9.59 Å². The number of hydrogen-bond donors (Lipinski definition) is 1. The van der Waals surface area contributed by atoms with Crippen LogP contribution in [0.4, 0.5) is 0 Å². The van der Waals surface area contributed by atoms with Gasteiger partial charge in [-0.15, -0.1) is 0 Å². The van der Waals surface area contributed by atoms with Crippen molar-refractivity contribution >= 4 is 11.8 Å². The first kappa shape index (κ1) is 19.8. The number of rotatable bonds is 5. The third kappa shape index (κ3) is 4.25. The SMILES string of the molecule is Cc1ccccc1C(=O)N1C[C@H](c2ccccc2)[C@H](C(=O)NCc2ccccn2)C1.